The highest BCUT2D eigenvalue weighted by Gasteiger charge is 2.26. The molecule has 0 aliphatic heterocycles. The van der Waals surface area contributed by atoms with Crippen LogP contribution in [-0.2, 0) is 42.7 Å². The number of carboxylic acids is 2. The van der Waals surface area contributed by atoms with Gasteiger partial charge < -0.3 is 29.9 Å². The van der Waals surface area contributed by atoms with Crippen LogP contribution in [0.4, 0.5) is 0 Å². The van der Waals surface area contributed by atoms with Crippen molar-refractivity contribution in [2.45, 2.75) is 117 Å². The van der Waals surface area contributed by atoms with Gasteiger partial charge in [0.05, 0.1) is 0 Å². The lowest BCUT2D eigenvalue weighted by atomic mass is 9.83. The third-order valence-corrected chi connectivity index (χ3v) is 7.32. The minimum Gasteiger partial charge on any atom is -0.507 e. The van der Waals surface area contributed by atoms with Crippen molar-refractivity contribution >= 4 is 11.9 Å². The highest BCUT2D eigenvalue weighted by Crippen LogP contribution is 2.36. The number of hydrogen-bond acceptors (Lipinski definition) is 6. The van der Waals surface area contributed by atoms with Crippen LogP contribution in [0.1, 0.15) is 101 Å². The molecular weight excluding hydrogens is 536 g/mol. The van der Waals surface area contributed by atoms with Crippen molar-refractivity contribution in [3.05, 3.63) is 57.6 Å². The summed E-state index contributed by atoms with van der Waals surface area (Å²) in [4.78, 5) is 23.7. The molecule has 0 aromatic heterocycles. The SMILES string of the molecule is Cc1cc(CC(OCCCCCCOC(Cc2cc(C)cc(C(C)(C)C)c2O)C(=O)O)C(=O)O)c(O)c(C(C)(C)C)c1. The number of ether oxygens (including phenoxy) is 2. The summed E-state index contributed by atoms with van der Waals surface area (Å²) >= 11 is 0. The van der Waals surface area contributed by atoms with Crippen LogP contribution in [0.15, 0.2) is 24.3 Å². The molecule has 234 valence electrons. The van der Waals surface area contributed by atoms with E-state index in [0.29, 0.717) is 24.0 Å². The summed E-state index contributed by atoms with van der Waals surface area (Å²) in [6.07, 6.45) is 0.839. The van der Waals surface area contributed by atoms with Crippen LogP contribution in [0, 0.1) is 13.8 Å². The van der Waals surface area contributed by atoms with Gasteiger partial charge in [-0.2, -0.15) is 0 Å². The highest BCUT2D eigenvalue weighted by atomic mass is 16.5. The Hall–Kier alpha value is -3.10. The topological polar surface area (TPSA) is 134 Å². The summed E-state index contributed by atoms with van der Waals surface area (Å²) in [5, 5.41) is 41.0. The Balaban J connectivity index is 1.83. The summed E-state index contributed by atoms with van der Waals surface area (Å²) in [7, 11) is 0. The average Bonchev–Trinajstić information content (AvgIpc) is 2.85. The predicted octanol–water partition coefficient (Wildman–Crippen LogP) is 6.59. The number of aryl methyl sites for hydroxylation is 2. The average molecular weight is 587 g/mol. The molecular formula is C34H50O8. The van der Waals surface area contributed by atoms with Gasteiger partial charge in [0, 0.05) is 26.1 Å². The van der Waals surface area contributed by atoms with Gasteiger partial charge >= 0.3 is 11.9 Å². The van der Waals surface area contributed by atoms with Gasteiger partial charge in [0.2, 0.25) is 0 Å². The van der Waals surface area contributed by atoms with E-state index in [2.05, 4.69) is 0 Å². The molecule has 8 nitrogen and oxygen atoms in total. The minimum atomic E-state index is -1.07. The Bertz CT molecular complexity index is 1120. The van der Waals surface area contributed by atoms with E-state index in [1.807, 2.05) is 67.5 Å². The first kappa shape index (κ1) is 35.1. The lowest BCUT2D eigenvalue weighted by molar-refractivity contribution is -0.151. The molecule has 2 atom stereocenters. The van der Waals surface area contributed by atoms with Crippen LogP contribution >= 0.6 is 0 Å². The second-order valence-corrected chi connectivity index (χ2v) is 13.4. The summed E-state index contributed by atoms with van der Waals surface area (Å²) in [5.74, 6) is -1.91. The summed E-state index contributed by atoms with van der Waals surface area (Å²) in [6.45, 7) is 16.4. The van der Waals surface area contributed by atoms with E-state index in [1.54, 1.807) is 12.1 Å². The fourth-order valence-corrected chi connectivity index (χ4v) is 5.01. The lowest BCUT2D eigenvalue weighted by Crippen LogP contribution is -2.27. The molecule has 0 heterocycles. The quantitative estimate of drug-likeness (QED) is 0.172. The van der Waals surface area contributed by atoms with Gasteiger partial charge in [-0.3, -0.25) is 0 Å². The van der Waals surface area contributed by atoms with Crippen LogP contribution in [-0.4, -0.2) is 57.8 Å². The molecule has 0 fully saturated rings. The van der Waals surface area contributed by atoms with Crippen LogP contribution in [0.25, 0.3) is 0 Å². The molecule has 2 unspecified atom stereocenters. The van der Waals surface area contributed by atoms with E-state index in [1.165, 1.54) is 0 Å². The molecule has 8 heteroatoms. The van der Waals surface area contributed by atoms with E-state index in [4.69, 9.17) is 9.47 Å². The zero-order chi connectivity index (χ0) is 31.8. The maximum atomic E-state index is 11.9. The van der Waals surface area contributed by atoms with Gasteiger partial charge in [-0.15, -0.1) is 0 Å². The van der Waals surface area contributed by atoms with E-state index in [9.17, 15) is 30.0 Å². The largest absolute Gasteiger partial charge is 0.507 e. The monoisotopic (exact) mass is 586 g/mol. The number of unbranched alkanes of at least 4 members (excludes halogenated alkanes) is 3. The predicted molar refractivity (Wildman–Crippen MR) is 164 cm³/mol. The molecule has 42 heavy (non-hydrogen) atoms. The standard InChI is InChI=1S/C34H50O8/c1-21-15-23(29(35)25(17-21)33(3,4)5)19-27(31(37)38)41-13-11-9-10-12-14-42-28(32(39)40)20-24-16-22(2)18-26(30(24)36)34(6,7)8/h15-18,27-28,35-36H,9-14,19-20H2,1-8H3,(H,37,38)(H,39,40). The molecule has 0 aliphatic carbocycles. The Morgan fingerprint density at radius 2 is 0.976 bits per heavy atom. The van der Waals surface area contributed by atoms with E-state index < -0.39 is 24.1 Å². The fourth-order valence-electron chi connectivity index (χ4n) is 5.01. The number of aliphatic carboxylic acids is 2. The fraction of sp³-hybridized carbons (Fsp3) is 0.588. The van der Waals surface area contributed by atoms with Gasteiger partial charge in [-0.25, -0.2) is 9.59 Å². The zero-order valence-corrected chi connectivity index (χ0v) is 26.5. The smallest absolute Gasteiger partial charge is 0.333 e. The normalized spacial score (nSPS) is 13.6. The first-order chi connectivity index (χ1) is 19.4. The Morgan fingerprint density at radius 1 is 0.643 bits per heavy atom. The maximum Gasteiger partial charge on any atom is 0.333 e. The molecule has 2 aromatic carbocycles. The van der Waals surface area contributed by atoms with Crippen molar-refractivity contribution in [2.75, 3.05) is 13.2 Å². The van der Waals surface area contributed by atoms with E-state index in [0.717, 1.165) is 35.1 Å². The van der Waals surface area contributed by atoms with Gasteiger partial charge in [-0.05, 0) is 59.8 Å². The molecule has 0 saturated heterocycles. The Morgan fingerprint density at radius 3 is 1.26 bits per heavy atom. The van der Waals surface area contributed by atoms with Gasteiger partial charge in [0.25, 0.3) is 0 Å². The molecule has 0 saturated carbocycles. The van der Waals surface area contributed by atoms with Crippen molar-refractivity contribution in [1.82, 2.24) is 0 Å². The molecule has 0 aliphatic rings. The minimum absolute atomic E-state index is 0.0735. The number of aromatic hydroxyl groups is 2. The second kappa shape index (κ2) is 14.9. The van der Waals surface area contributed by atoms with Crippen molar-refractivity contribution < 1.29 is 39.5 Å². The summed E-state index contributed by atoms with van der Waals surface area (Å²) < 4.78 is 11.4. The lowest BCUT2D eigenvalue weighted by Gasteiger charge is -2.24. The molecule has 4 N–H and O–H groups in total. The molecule has 0 bridgehead atoms. The van der Waals surface area contributed by atoms with Crippen molar-refractivity contribution in [3.63, 3.8) is 0 Å². The van der Waals surface area contributed by atoms with Gasteiger partial charge in [0.1, 0.15) is 11.5 Å². The number of benzene rings is 2. The summed E-state index contributed by atoms with van der Waals surface area (Å²) in [6, 6.07) is 7.45. The Kier molecular flexibility index (Phi) is 12.4. The van der Waals surface area contributed by atoms with Gasteiger partial charge in [-0.1, -0.05) is 89.8 Å². The number of carboxylic acid groups (broad SMARTS) is 2. The first-order valence-corrected chi connectivity index (χ1v) is 14.8. The first-order valence-electron chi connectivity index (χ1n) is 14.8. The van der Waals surface area contributed by atoms with Crippen molar-refractivity contribution in [1.29, 1.82) is 0 Å². The number of carbonyl (C=O) groups is 2. The Labute approximate surface area is 250 Å². The van der Waals surface area contributed by atoms with Crippen LogP contribution in [0.3, 0.4) is 0 Å². The number of phenolic OH excluding ortho intramolecular Hbond substituents is 2. The van der Waals surface area contributed by atoms with Crippen LogP contribution in [0.5, 0.6) is 11.5 Å². The third kappa shape index (κ3) is 10.3. The second-order valence-electron chi connectivity index (χ2n) is 13.4. The highest BCUT2D eigenvalue weighted by molar-refractivity contribution is 5.73. The number of phenols is 2. The molecule has 0 spiro atoms. The molecule has 0 amide bonds. The third-order valence-electron chi connectivity index (χ3n) is 7.32. The van der Waals surface area contributed by atoms with Gasteiger partial charge in [0.15, 0.2) is 12.2 Å². The number of rotatable bonds is 15. The van der Waals surface area contributed by atoms with Crippen LogP contribution in [0.2, 0.25) is 0 Å². The van der Waals surface area contributed by atoms with Crippen molar-refractivity contribution in [2.24, 2.45) is 0 Å². The summed E-state index contributed by atoms with van der Waals surface area (Å²) in [5.41, 5.74) is 4.02. The zero-order valence-electron chi connectivity index (χ0n) is 26.5. The molecule has 0 radical (unpaired) electrons. The maximum absolute atomic E-state index is 11.9. The van der Waals surface area contributed by atoms with E-state index >= 15 is 0 Å². The van der Waals surface area contributed by atoms with E-state index in [-0.39, 0.29) is 48.4 Å². The molecule has 2 aromatic rings. The number of hydrogen-bond donors (Lipinski definition) is 4. The van der Waals surface area contributed by atoms with Crippen LogP contribution < -0.4 is 0 Å². The van der Waals surface area contributed by atoms with Crippen molar-refractivity contribution in [3.8, 4) is 11.5 Å². The molecule has 2 rings (SSSR count).